The summed E-state index contributed by atoms with van der Waals surface area (Å²) in [4.78, 5) is 4.81. The molecule has 0 amide bonds. The minimum atomic E-state index is -0.235. The number of allylic oxidation sites excluding steroid dienone is 10. The highest BCUT2D eigenvalue weighted by molar-refractivity contribution is 5.92. The number of nitriles is 2. The highest BCUT2D eigenvalue weighted by Crippen LogP contribution is 2.53. The molecule has 4 aliphatic carbocycles. The fourth-order valence-corrected chi connectivity index (χ4v) is 11.4. The number of aryl methyl sites for hydroxylation is 4. The average Bonchev–Trinajstić information content (AvgIpc) is 3.44. The molecule has 4 aliphatic rings. The molecule has 0 bridgehead atoms. The Morgan fingerprint density at radius 1 is 0.432 bits per heavy atom. The molecular formula is C70H52N4. The van der Waals surface area contributed by atoms with E-state index in [1.54, 1.807) is 0 Å². The molecule has 0 aliphatic heterocycles. The summed E-state index contributed by atoms with van der Waals surface area (Å²) in [5.41, 5.74) is 26.0. The molecule has 0 saturated heterocycles. The summed E-state index contributed by atoms with van der Waals surface area (Å²) in [5.74, 6) is -0.0784. The first kappa shape index (κ1) is 45.6. The van der Waals surface area contributed by atoms with E-state index in [0.717, 1.165) is 67.4 Å². The van der Waals surface area contributed by atoms with Crippen molar-refractivity contribution in [3.05, 3.63) is 298 Å². The zero-order valence-electron chi connectivity index (χ0n) is 41.9. The van der Waals surface area contributed by atoms with Crippen LogP contribution in [0.15, 0.2) is 264 Å². The maximum absolute atomic E-state index is 10.3. The van der Waals surface area contributed by atoms with E-state index in [1.165, 1.54) is 55.7 Å². The zero-order chi connectivity index (χ0) is 50.5. The van der Waals surface area contributed by atoms with Crippen molar-refractivity contribution >= 4 is 22.7 Å². The Hall–Kier alpha value is -9.48. The van der Waals surface area contributed by atoms with Crippen LogP contribution in [0.4, 0.5) is 22.7 Å². The van der Waals surface area contributed by atoms with Gasteiger partial charge in [-0.05, 0) is 156 Å². The van der Waals surface area contributed by atoms with Crippen LogP contribution in [0.25, 0.3) is 44.5 Å². The third-order valence-corrected chi connectivity index (χ3v) is 14.8. The van der Waals surface area contributed by atoms with Crippen molar-refractivity contribution in [2.45, 2.75) is 33.7 Å². The van der Waals surface area contributed by atoms with Gasteiger partial charge in [0.15, 0.2) is 0 Å². The first-order chi connectivity index (χ1) is 36.2. The number of nitrogens with zero attached hydrogens (tertiary/aromatic N) is 4. The fourth-order valence-electron chi connectivity index (χ4n) is 11.4. The first-order valence-corrected chi connectivity index (χ1v) is 25.3. The molecule has 0 heterocycles. The summed E-state index contributed by atoms with van der Waals surface area (Å²) in [7, 11) is 0. The van der Waals surface area contributed by atoms with Crippen LogP contribution in [0.3, 0.4) is 0 Å². The molecule has 8 aromatic carbocycles. The third kappa shape index (κ3) is 8.33. The molecule has 0 aromatic heterocycles. The quantitative estimate of drug-likeness (QED) is 0.137. The van der Waals surface area contributed by atoms with Gasteiger partial charge < -0.3 is 9.80 Å². The second-order valence-corrected chi connectivity index (χ2v) is 19.9. The van der Waals surface area contributed by atoms with Crippen LogP contribution >= 0.6 is 0 Å². The molecule has 0 radical (unpaired) electrons. The van der Waals surface area contributed by atoms with Crippen LogP contribution in [0.1, 0.15) is 33.4 Å². The lowest BCUT2D eigenvalue weighted by molar-refractivity contribution is 0.773. The van der Waals surface area contributed by atoms with Gasteiger partial charge >= 0.3 is 0 Å². The molecule has 0 N–H and O–H groups in total. The summed E-state index contributed by atoms with van der Waals surface area (Å²) < 4.78 is 0. The number of anilines is 4. The lowest BCUT2D eigenvalue weighted by Crippen LogP contribution is -2.37. The van der Waals surface area contributed by atoms with E-state index in [4.69, 9.17) is 0 Å². The lowest BCUT2D eigenvalue weighted by atomic mass is 9.67. The van der Waals surface area contributed by atoms with Gasteiger partial charge in [-0.1, -0.05) is 186 Å². The topological polar surface area (TPSA) is 54.1 Å². The lowest BCUT2D eigenvalue weighted by Gasteiger charge is -2.44. The maximum Gasteiger partial charge on any atom is 0.0992 e. The highest BCUT2D eigenvalue weighted by atomic mass is 15.2. The Labute approximate surface area is 434 Å². The third-order valence-electron chi connectivity index (χ3n) is 14.8. The van der Waals surface area contributed by atoms with E-state index in [2.05, 4.69) is 244 Å². The molecule has 74 heavy (non-hydrogen) atoms. The molecule has 0 spiro atoms. The summed E-state index contributed by atoms with van der Waals surface area (Å²) >= 11 is 0. The Morgan fingerprint density at radius 2 is 0.946 bits per heavy atom. The van der Waals surface area contributed by atoms with Crippen molar-refractivity contribution in [3.8, 4) is 56.6 Å². The van der Waals surface area contributed by atoms with Crippen LogP contribution < -0.4 is 9.80 Å². The molecule has 2 atom stereocenters. The van der Waals surface area contributed by atoms with Crippen molar-refractivity contribution in [1.29, 1.82) is 10.5 Å². The van der Waals surface area contributed by atoms with Gasteiger partial charge in [0.2, 0.25) is 0 Å². The van der Waals surface area contributed by atoms with Crippen molar-refractivity contribution in [3.63, 3.8) is 0 Å². The van der Waals surface area contributed by atoms with Crippen LogP contribution in [-0.2, 0) is 0 Å². The van der Waals surface area contributed by atoms with E-state index in [0.29, 0.717) is 11.1 Å². The molecule has 0 fully saturated rings. The smallest absolute Gasteiger partial charge is 0.0992 e. The minimum absolute atomic E-state index is 0.0784. The molecule has 8 aromatic rings. The normalized spacial score (nSPS) is 16.0. The van der Waals surface area contributed by atoms with Gasteiger partial charge in [0.25, 0.3) is 0 Å². The monoisotopic (exact) mass is 948 g/mol. The van der Waals surface area contributed by atoms with E-state index < -0.39 is 0 Å². The van der Waals surface area contributed by atoms with Gasteiger partial charge in [-0.2, -0.15) is 10.5 Å². The number of hydrogen-bond acceptors (Lipinski definition) is 4. The Morgan fingerprint density at radius 3 is 1.54 bits per heavy atom. The van der Waals surface area contributed by atoms with Gasteiger partial charge in [0.1, 0.15) is 0 Å². The van der Waals surface area contributed by atoms with Crippen molar-refractivity contribution in [1.82, 2.24) is 0 Å². The molecule has 0 saturated carbocycles. The summed E-state index contributed by atoms with van der Waals surface area (Å²) in [6, 6.07) is 69.2. The van der Waals surface area contributed by atoms with Crippen molar-refractivity contribution in [2.24, 2.45) is 5.92 Å². The van der Waals surface area contributed by atoms with Gasteiger partial charge in [-0.25, -0.2) is 0 Å². The molecule has 12 rings (SSSR count). The maximum atomic E-state index is 10.3. The Balaban J connectivity index is 1.04. The number of hydrogen-bond donors (Lipinski definition) is 0. The highest BCUT2D eigenvalue weighted by Gasteiger charge is 2.40. The Kier molecular flexibility index (Phi) is 11.7. The average molecular weight is 949 g/mol. The van der Waals surface area contributed by atoms with Crippen LogP contribution in [0.5, 0.6) is 0 Å². The van der Waals surface area contributed by atoms with Crippen LogP contribution in [0.2, 0.25) is 0 Å². The second kappa shape index (κ2) is 18.9. The molecule has 352 valence electrons. The standard InChI is InChI=1S/C70H52N4/c1-45-11-5-17-53(35-45)55-27-33-67(63(41-55)57-19-7-13-47(3)37-57)73(59-21-9-15-49(39-59)43-71)65-31-25-51-24-30-62-66(32-26-52-23-29-61(65)69(51)70(52)62)74(60-22-10-16-50(40-60)44-72)68-34-28-56(54-18-6-12-46(2)36-54)42-64(68)58-20-8-14-48(4)38-58/h5-42,65,70H,1-4H3. The number of rotatable bonds is 10. The van der Waals surface area contributed by atoms with E-state index >= 15 is 0 Å². The van der Waals surface area contributed by atoms with Gasteiger partial charge in [-0.15, -0.1) is 0 Å². The van der Waals surface area contributed by atoms with E-state index in [-0.39, 0.29) is 12.0 Å². The second-order valence-electron chi connectivity index (χ2n) is 19.9. The fraction of sp³-hybridized carbons (Fsp3) is 0.0857. The molecule has 4 nitrogen and oxygen atoms in total. The van der Waals surface area contributed by atoms with Crippen LogP contribution in [-0.4, -0.2) is 6.04 Å². The predicted molar refractivity (Wildman–Crippen MR) is 305 cm³/mol. The van der Waals surface area contributed by atoms with Crippen molar-refractivity contribution < 1.29 is 0 Å². The van der Waals surface area contributed by atoms with Crippen molar-refractivity contribution in [2.75, 3.05) is 9.80 Å². The predicted octanol–water partition coefficient (Wildman–Crippen LogP) is 17.4. The van der Waals surface area contributed by atoms with Gasteiger partial charge in [-0.3, -0.25) is 0 Å². The van der Waals surface area contributed by atoms with E-state index in [1.807, 2.05) is 36.4 Å². The summed E-state index contributed by atoms with van der Waals surface area (Å²) in [6.07, 6.45) is 18.4. The molecule has 4 heteroatoms. The molecule has 2 unspecified atom stereocenters. The Bertz CT molecular complexity index is 3950. The SMILES string of the molecule is Cc1cccc(-c2ccc(N(C3=C4C=CC5=C6C(=CC=C(C=C3)C46)C(N(c3cccc(C#N)c3)c3ccc(-c4cccc(C)c4)cc3-c3cccc(C)c3)C=C5)c3cccc(C#N)c3)c(-c3cccc(C)c3)c2)c1. The van der Waals surface area contributed by atoms with Gasteiger partial charge in [0, 0.05) is 34.1 Å². The summed E-state index contributed by atoms with van der Waals surface area (Å²) in [5, 5.41) is 20.7. The summed E-state index contributed by atoms with van der Waals surface area (Å²) in [6.45, 7) is 8.58. The first-order valence-electron chi connectivity index (χ1n) is 25.3. The van der Waals surface area contributed by atoms with Crippen LogP contribution in [0, 0.1) is 56.3 Å². The van der Waals surface area contributed by atoms with Gasteiger partial charge in [0.05, 0.1) is 40.7 Å². The largest absolute Gasteiger partial charge is 0.330 e. The van der Waals surface area contributed by atoms with E-state index in [9.17, 15) is 10.5 Å². The number of benzene rings is 8. The zero-order valence-corrected chi connectivity index (χ0v) is 41.9. The molecular weight excluding hydrogens is 897 g/mol. The minimum Gasteiger partial charge on any atom is -0.330 e.